The summed E-state index contributed by atoms with van der Waals surface area (Å²) in [5.74, 6) is -0.0940. The van der Waals surface area contributed by atoms with Crippen molar-refractivity contribution in [3.05, 3.63) is 28.6 Å². The zero-order valence-electron chi connectivity index (χ0n) is 10.9. The van der Waals surface area contributed by atoms with Gasteiger partial charge in [0, 0.05) is 32.1 Å². The summed E-state index contributed by atoms with van der Waals surface area (Å²) in [5.41, 5.74) is 4.72. The largest absolute Gasteiger partial charge is 0.375 e. The molecule has 0 saturated heterocycles. The molecule has 1 aliphatic heterocycles. The fourth-order valence-corrected chi connectivity index (χ4v) is 2.25. The number of carbonyl (C=O) groups is 1. The summed E-state index contributed by atoms with van der Waals surface area (Å²) in [6, 6.07) is 0. The van der Waals surface area contributed by atoms with Crippen molar-refractivity contribution in [2.45, 2.75) is 26.4 Å². The van der Waals surface area contributed by atoms with E-state index in [0.717, 1.165) is 30.8 Å². The van der Waals surface area contributed by atoms with Crippen molar-refractivity contribution < 1.29 is 9.53 Å². The van der Waals surface area contributed by atoms with E-state index in [1.807, 2.05) is 13.1 Å². The Morgan fingerprint density at radius 2 is 2.44 bits per heavy atom. The predicted molar refractivity (Wildman–Crippen MR) is 68.1 cm³/mol. The van der Waals surface area contributed by atoms with Gasteiger partial charge in [0.15, 0.2) is 0 Å². The fraction of sp³-hybridized carbons (Fsp3) is 0.538. The first-order valence-corrected chi connectivity index (χ1v) is 6.15. The minimum absolute atomic E-state index is 0.0940. The number of carbonyl (C=O) groups excluding carboxylic acids is 1. The molecule has 18 heavy (non-hydrogen) atoms. The number of hydrogen-bond acceptors (Lipinski definition) is 4. The standard InChI is InChI=1S/C13H19N3O2/c1-9-12(7-16-13(17)8-18-2)11-3-4-14-5-10(11)6-15-9/h6,14H,3-5,7-8H2,1-2H3,(H,16,17). The topological polar surface area (TPSA) is 63.2 Å². The molecule has 5 nitrogen and oxygen atoms in total. The smallest absolute Gasteiger partial charge is 0.246 e. The lowest BCUT2D eigenvalue weighted by Crippen LogP contribution is -2.30. The van der Waals surface area contributed by atoms with E-state index in [0.29, 0.717) is 6.54 Å². The van der Waals surface area contributed by atoms with Crippen LogP contribution in [0.15, 0.2) is 6.20 Å². The Labute approximate surface area is 107 Å². The number of ether oxygens (including phenoxy) is 1. The van der Waals surface area contributed by atoms with Gasteiger partial charge in [-0.2, -0.15) is 0 Å². The molecule has 0 spiro atoms. The lowest BCUT2D eigenvalue weighted by Gasteiger charge is -2.21. The van der Waals surface area contributed by atoms with Crippen LogP contribution in [0.5, 0.6) is 0 Å². The number of hydrogen-bond donors (Lipinski definition) is 2. The third-order valence-electron chi connectivity index (χ3n) is 3.21. The van der Waals surface area contributed by atoms with Crippen molar-refractivity contribution in [2.75, 3.05) is 20.3 Å². The van der Waals surface area contributed by atoms with E-state index in [4.69, 9.17) is 4.74 Å². The SMILES string of the molecule is COCC(=O)NCc1c(C)ncc2c1CCNC2. The van der Waals surface area contributed by atoms with Gasteiger partial charge in [-0.25, -0.2) is 0 Å². The van der Waals surface area contributed by atoms with Crippen LogP contribution in [0.25, 0.3) is 0 Å². The maximum atomic E-state index is 11.4. The molecular weight excluding hydrogens is 230 g/mol. The molecule has 98 valence electrons. The van der Waals surface area contributed by atoms with Crippen LogP contribution in [0, 0.1) is 6.92 Å². The fourth-order valence-electron chi connectivity index (χ4n) is 2.25. The predicted octanol–water partition coefficient (Wildman–Crippen LogP) is 0.298. The number of amides is 1. The normalized spacial score (nSPS) is 14.1. The zero-order chi connectivity index (χ0) is 13.0. The van der Waals surface area contributed by atoms with Gasteiger partial charge in [-0.05, 0) is 36.6 Å². The maximum absolute atomic E-state index is 11.4. The lowest BCUT2D eigenvalue weighted by atomic mass is 9.96. The number of aryl methyl sites for hydroxylation is 1. The molecule has 2 heterocycles. The number of rotatable bonds is 4. The van der Waals surface area contributed by atoms with Crippen molar-refractivity contribution in [3.63, 3.8) is 0 Å². The number of nitrogens with one attached hydrogen (secondary N) is 2. The van der Waals surface area contributed by atoms with Crippen molar-refractivity contribution in [2.24, 2.45) is 0 Å². The molecule has 0 atom stereocenters. The molecule has 0 aromatic carbocycles. The Morgan fingerprint density at radius 1 is 1.61 bits per heavy atom. The van der Waals surface area contributed by atoms with Crippen LogP contribution >= 0.6 is 0 Å². The van der Waals surface area contributed by atoms with E-state index in [9.17, 15) is 4.79 Å². The number of aromatic nitrogens is 1. The first-order valence-electron chi connectivity index (χ1n) is 6.15. The van der Waals surface area contributed by atoms with Crippen molar-refractivity contribution in [1.29, 1.82) is 0 Å². The van der Waals surface area contributed by atoms with Crippen molar-refractivity contribution in [1.82, 2.24) is 15.6 Å². The molecule has 0 radical (unpaired) electrons. The Balaban J connectivity index is 2.13. The third kappa shape index (κ3) is 2.86. The second-order valence-corrected chi connectivity index (χ2v) is 4.46. The molecule has 1 aliphatic rings. The van der Waals surface area contributed by atoms with Crippen LogP contribution in [-0.4, -0.2) is 31.2 Å². The number of fused-ring (bicyclic) bond motifs is 1. The Kier molecular flexibility index (Phi) is 4.28. The van der Waals surface area contributed by atoms with Gasteiger partial charge in [0.05, 0.1) is 0 Å². The highest BCUT2D eigenvalue weighted by Gasteiger charge is 2.15. The summed E-state index contributed by atoms with van der Waals surface area (Å²) in [4.78, 5) is 15.8. The Bertz CT molecular complexity index is 446. The van der Waals surface area contributed by atoms with Crippen LogP contribution in [0.1, 0.15) is 22.4 Å². The average molecular weight is 249 g/mol. The molecular formula is C13H19N3O2. The van der Waals surface area contributed by atoms with E-state index >= 15 is 0 Å². The van der Waals surface area contributed by atoms with E-state index in [-0.39, 0.29) is 12.5 Å². The highest BCUT2D eigenvalue weighted by atomic mass is 16.5. The molecule has 2 N–H and O–H groups in total. The van der Waals surface area contributed by atoms with E-state index in [2.05, 4.69) is 15.6 Å². The third-order valence-corrected chi connectivity index (χ3v) is 3.21. The number of pyridine rings is 1. The van der Waals surface area contributed by atoms with Gasteiger partial charge in [-0.15, -0.1) is 0 Å². The van der Waals surface area contributed by atoms with Crippen LogP contribution in [0.2, 0.25) is 0 Å². The molecule has 0 fully saturated rings. The monoisotopic (exact) mass is 249 g/mol. The van der Waals surface area contributed by atoms with E-state index < -0.39 is 0 Å². The molecule has 5 heteroatoms. The van der Waals surface area contributed by atoms with Crippen LogP contribution in [0.3, 0.4) is 0 Å². The quantitative estimate of drug-likeness (QED) is 0.805. The summed E-state index contributed by atoms with van der Waals surface area (Å²) < 4.78 is 4.80. The molecule has 0 bridgehead atoms. The van der Waals surface area contributed by atoms with Gasteiger partial charge in [0.2, 0.25) is 5.91 Å². The summed E-state index contributed by atoms with van der Waals surface area (Å²) in [6.07, 6.45) is 2.92. The number of nitrogens with zero attached hydrogens (tertiary/aromatic N) is 1. The summed E-state index contributed by atoms with van der Waals surface area (Å²) in [7, 11) is 1.52. The molecule has 1 amide bonds. The van der Waals surface area contributed by atoms with Crippen molar-refractivity contribution >= 4 is 5.91 Å². The molecule has 2 rings (SSSR count). The highest BCUT2D eigenvalue weighted by molar-refractivity contribution is 5.77. The maximum Gasteiger partial charge on any atom is 0.246 e. The van der Waals surface area contributed by atoms with E-state index in [1.54, 1.807) is 0 Å². The first-order chi connectivity index (χ1) is 8.72. The summed E-state index contributed by atoms with van der Waals surface area (Å²) >= 11 is 0. The Hall–Kier alpha value is -1.46. The van der Waals surface area contributed by atoms with Crippen LogP contribution in [0.4, 0.5) is 0 Å². The molecule has 0 saturated carbocycles. The minimum atomic E-state index is -0.0940. The Morgan fingerprint density at radius 3 is 3.22 bits per heavy atom. The highest BCUT2D eigenvalue weighted by Crippen LogP contribution is 2.20. The van der Waals surface area contributed by atoms with Gasteiger partial charge < -0.3 is 15.4 Å². The second-order valence-electron chi connectivity index (χ2n) is 4.46. The lowest BCUT2D eigenvalue weighted by molar-refractivity contribution is -0.124. The van der Waals surface area contributed by atoms with Crippen molar-refractivity contribution in [3.8, 4) is 0 Å². The first kappa shape index (κ1) is 13.0. The van der Waals surface area contributed by atoms with Crippen LogP contribution < -0.4 is 10.6 Å². The van der Waals surface area contributed by atoms with E-state index in [1.165, 1.54) is 18.2 Å². The average Bonchev–Trinajstić information content (AvgIpc) is 2.38. The molecule has 1 aromatic heterocycles. The minimum Gasteiger partial charge on any atom is -0.375 e. The molecule has 1 aromatic rings. The summed E-state index contributed by atoms with van der Waals surface area (Å²) in [6.45, 7) is 4.46. The van der Waals surface area contributed by atoms with Crippen LogP contribution in [-0.2, 0) is 29.0 Å². The zero-order valence-corrected chi connectivity index (χ0v) is 10.9. The van der Waals surface area contributed by atoms with Gasteiger partial charge in [0.25, 0.3) is 0 Å². The van der Waals surface area contributed by atoms with Gasteiger partial charge >= 0.3 is 0 Å². The van der Waals surface area contributed by atoms with Gasteiger partial charge in [0.1, 0.15) is 6.61 Å². The molecule has 0 unspecified atom stereocenters. The number of methoxy groups -OCH3 is 1. The molecule has 0 aliphatic carbocycles. The second kappa shape index (κ2) is 5.93. The van der Waals surface area contributed by atoms with Gasteiger partial charge in [-0.1, -0.05) is 0 Å². The summed E-state index contributed by atoms with van der Waals surface area (Å²) in [5, 5.41) is 6.19. The van der Waals surface area contributed by atoms with Gasteiger partial charge in [-0.3, -0.25) is 9.78 Å².